The highest BCUT2D eigenvalue weighted by Crippen LogP contribution is 2.49. The largest absolute Gasteiger partial charge is 0.481 e. The van der Waals surface area contributed by atoms with E-state index in [0.717, 1.165) is 16.9 Å². The van der Waals surface area contributed by atoms with Crippen LogP contribution in [0.2, 0.25) is 0 Å². The normalized spacial score (nSPS) is 13.0. The number of anilines is 1. The van der Waals surface area contributed by atoms with Gasteiger partial charge in [0, 0.05) is 18.9 Å². The van der Waals surface area contributed by atoms with Crippen molar-refractivity contribution in [3.8, 4) is 11.8 Å². The zero-order valence-corrected chi connectivity index (χ0v) is 20.7. The van der Waals surface area contributed by atoms with Gasteiger partial charge in [0.05, 0.1) is 17.5 Å². The Balaban J connectivity index is 1.59. The first kappa shape index (κ1) is 24.9. The summed E-state index contributed by atoms with van der Waals surface area (Å²) in [6, 6.07) is 25.0. The van der Waals surface area contributed by atoms with Crippen LogP contribution in [0.15, 0.2) is 91.3 Å². The SMILES string of the molecule is CC(C)(C)C(CC(=O)O)(c1ccccc1)c1ccnc(Oc2ccc(CNc3ccccn3)cc2)n1. The maximum atomic E-state index is 12.1. The quantitative estimate of drug-likeness (QED) is 0.298. The minimum Gasteiger partial charge on any atom is -0.481 e. The second kappa shape index (κ2) is 10.6. The lowest BCUT2D eigenvalue weighted by molar-refractivity contribution is -0.139. The monoisotopic (exact) mass is 482 g/mol. The molecule has 184 valence electrons. The van der Waals surface area contributed by atoms with Gasteiger partial charge in [-0.15, -0.1) is 0 Å². The highest BCUT2D eigenvalue weighted by molar-refractivity contribution is 5.71. The fourth-order valence-electron chi connectivity index (χ4n) is 4.44. The summed E-state index contributed by atoms with van der Waals surface area (Å²) in [4.78, 5) is 25.4. The van der Waals surface area contributed by atoms with Gasteiger partial charge >= 0.3 is 12.0 Å². The summed E-state index contributed by atoms with van der Waals surface area (Å²) < 4.78 is 5.98. The van der Waals surface area contributed by atoms with E-state index < -0.39 is 16.8 Å². The summed E-state index contributed by atoms with van der Waals surface area (Å²) in [6.07, 6.45) is 3.25. The summed E-state index contributed by atoms with van der Waals surface area (Å²) in [5, 5.41) is 13.2. The van der Waals surface area contributed by atoms with Crippen molar-refractivity contribution in [2.75, 3.05) is 5.32 Å². The Morgan fingerprint density at radius 3 is 2.25 bits per heavy atom. The summed E-state index contributed by atoms with van der Waals surface area (Å²) >= 11 is 0. The second-order valence-electron chi connectivity index (χ2n) is 9.63. The molecule has 0 spiro atoms. The summed E-state index contributed by atoms with van der Waals surface area (Å²) in [5.41, 5.74) is 1.21. The van der Waals surface area contributed by atoms with Crippen LogP contribution < -0.4 is 10.1 Å². The second-order valence-corrected chi connectivity index (χ2v) is 9.63. The molecule has 1 atom stereocenters. The Morgan fingerprint density at radius 2 is 1.61 bits per heavy atom. The molecule has 0 saturated carbocycles. The zero-order chi connectivity index (χ0) is 25.6. The summed E-state index contributed by atoms with van der Waals surface area (Å²) in [7, 11) is 0. The van der Waals surface area contributed by atoms with Gasteiger partial charge < -0.3 is 15.2 Å². The molecule has 0 amide bonds. The third-order valence-electron chi connectivity index (χ3n) is 6.31. The number of pyridine rings is 1. The number of ether oxygens (including phenoxy) is 1. The van der Waals surface area contributed by atoms with Crippen LogP contribution in [-0.2, 0) is 16.8 Å². The van der Waals surface area contributed by atoms with Crippen LogP contribution in [0.1, 0.15) is 44.0 Å². The molecule has 0 bridgehead atoms. The molecule has 0 saturated heterocycles. The molecular formula is C29H30N4O3. The molecular weight excluding hydrogens is 452 g/mol. The van der Waals surface area contributed by atoms with Crippen molar-refractivity contribution in [2.45, 2.75) is 39.2 Å². The van der Waals surface area contributed by atoms with Gasteiger partial charge in [-0.25, -0.2) is 9.97 Å². The first-order valence-electron chi connectivity index (χ1n) is 11.8. The third kappa shape index (κ3) is 5.51. The minimum atomic E-state index is -0.898. The summed E-state index contributed by atoms with van der Waals surface area (Å²) in [5.74, 6) is 0.503. The predicted molar refractivity (Wildman–Crippen MR) is 139 cm³/mol. The van der Waals surface area contributed by atoms with Crippen LogP contribution in [0, 0.1) is 5.41 Å². The molecule has 4 aromatic rings. The number of aliphatic carboxylic acids is 1. The van der Waals surface area contributed by atoms with Crippen LogP contribution in [0.4, 0.5) is 5.82 Å². The molecule has 7 nitrogen and oxygen atoms in total. The molecule has 2 N–H and O–H groups in total. The van der Waals surface area contributed by atoms with Crippen LogP contribution in [0.3, 0.4) is 0 Å². The first-order valence-corrected chi connectivity index (χ1v) is 11.8. The highest BCUT2D eigenvalue weighted by atomic mass is 16.5. The Hall–Kier alpha value is -4.26. The van der Waals surface area contributed by atoms with E-state index in [1.54, 1.807) is 18.5 Å². The van der Waals surface area contributed by atoms with Gasteiger partial charge in [-0.05, 0) is 46.9 Å². The Labute approximate surface area is 211 Å². The number of carboxylic acid groups (broad SMARTS) is 1. The van der Waals surface area contributed by atoms with E-state index in [-0.39, 0.29) is 12.4 Å². The van der Waals surface area contributed by atoms with E-state index in [1.807, 2.05) is 93.6 Å². The Bertz CT molecular complexity index is 1290. The van der Waals surface area contributed by atoms with Crippen molar-refractivity contribution in [1.29, 1.82) is 0 Å². The molecule has 0 aliphatic carbocycles. The van der Waals surface area contributed by atoms with Gasteiger partial charge in [-0.1, -0.05) is 69.3 Å². The van der Waals surface area contributed by atoms with Crippen molar-refractivity contribution in [1.82, 2.24) is 15.0 Å². The lowest BCUT2D eigenvalue weighted by Crippen LogP contribution is -2.44. The van der Waals surface area contributed by atoms with E-state index in [1.165, 1.54) is 0 Å². The fourth-order valence-corrected chi connectivity index (χ4v) is 4.44. The highest BCUT2D eigenvalue weighted by Gasteiger charge is 2.48. The molecule has 0 fully saturated rings. The number of nitrogens with one attached hydrogen (secondary N) is 1. The number of carbonyl (C=O) groups is 1. The molecule has 0 radical (unpaired) electrons. The van der Waals surface area contributed by atoms with Crippen LogP contribution >= 0.6 is 0 Å². The van der Waals surface area contributed by atoms with Crippen LogP contribution in [-0.4, -0.2) is 26.0 Å². The van der Waals surface area contributed by atoms with Gasteiger partial charge in [-0.2, -0.15) is 4.98 Å². The zero-order valence-electron chi connectivity index (χ0n) is 20.7. The average molecular weight is 483 g/mol. The van der Waals surface area contributed by atoms with Gasteiger partial charge in [0.25, 0.3) is 0 Å². The topological polar surface area (TPSA) is 97.2 Å². The van der Waals surface area contributed by atoms with Crippen LogP contribution in [0.25, 0.3) is 0 Å². The number of rotatable bonds is 9. The number of hydrogen-bond donors (Lipinski definition) is 2. The Morgan fingerprint density at radius 1 is 0.889 bits per heavy atom. The van der Waals surface area contributed by atoms with E-state index in [2.05, 4.69) is 15.3 Å². The average Bonchev–Trinajstić information content (AvgIpc) is 2.87. The molecule has 2 aromatic heterocycles. The number of aromatic nitrogens is 3. The number of hydrogen-bond acceptors (Lipinski definition) is 6. The Kier molecular flexibility index (Phi) is 7.29. The van der Waals surface area contributed by atoms with Gasteiger partial charge in [0.2, 0.25) is 0 Å². The van der Waals surface area contributed by atoms with Crippen molar-refractivity contribution in [3.63, 3.8) is 0 Å². The van der Waals surface area contributed by atoms with Gasteiger partial charge in [0.1, 0.15) is 11.6 Å². The fraction of sp³-hybridized carbons (Fsp3) is 0.241. The van der Waals surface area contributed by atoms with Crippen LogP contribution in [0.5, 0.6) is 11.8 Å². The van der Waals surface area contributed by atoms with Gasteiger partial charge in [-0.3, -0.25) is 4.79 Å². The maximum absolute atomic E-state index is 12.1. The number of benzene rings is 2. The standard InChI is InChI=1S/C29H30N4O3/c1-28(2,3)29(19-26(34)35,22-9-5-4-6-10-22)24-16-18-31-27(33-24)36-23-14-12-21(13-15-23)20-32-25-11-7-8-17-30-25/h4-18H,19-20H2,1-3H3,(H,30,32)(H,34,35). The number of carboxylic acids is 1. The van der Waals surface area contributed by atoms with E-state index in [0.29, 0.717) is 18.0 Å². The molecule has 0 aliphatic rings. The lowest BCUT2D eigenvalue weighted by Gasteiger charge is -2.44. The smallest absolute Gasteiger partial charge is 0.322 e. The predicted octanol–water partition coefficient (Wildman–Crippen LogP) is 6.08. The summed E-state index contributed by atoms with van der Waals surface area (Å²) in [6.45, 7) is 6.72. The third-order valence-corrected chi connectivity index (χ3v) is 6.31. The van der Waals surface area contributed by atoms with E-state index in [9.17, 15) is 9.90 Å². The molecule has 2 heterocycles. The molecule has 0 aliphatic heterocycles. The minimum absolute atomic E-state index is 0.116. The lowest BCUT2D eigenvalue weighted by atomic mass is 9.59. The van der Waals surface area contributed by atoms with Crippen molar-refractivity contribution in [3.05, 3.63) is 108 Å². The maximum Gasteiger partial charge on any atom is 0.322 e. The molecule has 7 heteroatoms. The van der Waals surface area contributed by atoms with Crippen molar-refractivity contribution < 1.29 is 14.6 Å². The van der Waals surface area contributed by atoms with E-state index >= 15 is 0 Å². The molecule has 2 aromatic carbocycles. The van der Waals surface area contributed by atoms with Gasteiger partial charge in [0.15, 0.2) is 0 Å². The van der Waals surface area contributed by atoms with E-state index in [4.69, 9.17) is 9.72 Å². The molecule has 4 rings (SSSR count). The number of nitrogens with zero attached hydrogens (tertiary/aromatic N) is 3. The molecule has 1 unspecified atom stereocenters. The first-order chi connectivity index (χ1) is 17.3. The molecule has 36 heavy (non-hydrogen) atoms. The van der Waals surface area contributed by atoms with Crippen molar-refractivity contribution >= 4 is 11.8 Å². The van der Waals surface area contributed by atoms with Crippen molar-refractivity contribution in [2.24, 2.45) is 5.41 Å².